The van der Waals surface area contributed by atoms with Gasteiger partial charge >= 0.3 is 0 Å². The van der Waals surface area contributed by atoms with Crippen LogP contribution in [0.5, 0.6) is 0 Å². The van der Waals surface area contributed by atoms with E-state index in [2.05, 4.69) is 47.4 Å². The fourth-order valence-electron chi connectivity index (χ4n) is 2.97. The number of hydrogen-bond donors (Lipinski definition) is 1. The van der Waals surface area contributed by atoms with Gasteiger partial charge in [-0.05, 0) is 55.6 Å². The lowest BCUT2D eigenvalue weighted by Gasteiger charge is -2.06. The fraction of sp³-hybridized carbons (Fsp3) is 0.0952. The van der Waals surface area contributed by atoms with Gasteiger partial charge in [-0.1, -0.05) is 30.3 Å². The van der Waals surface area contributed by atoms with E-state index in [1.807, 2.05) is 24.4 Å². The van der Waals surface area contributed by atoms with E-state index in [4.69, 9.17) is 0 Å². The van der Waals surface area contributed by atoms with Crippen molar-refractivity contribution in [1.29, 1.82) is 0 Å². The molecule has 2 heterocycles. The third-order valence-corrected chi connectivity index (χ3v) is 5.36. The highest BCUT2D eigenvalue weighted by atomic mass is 79.9. The molecule has 0 unspecified atom stereocenters. The van der Waals surface area contributed by atoms with Gasteiger partial charge in [0.25, 0.3) is 5.91 Å². The largest absolute Gasteiger partial charge is 0.304 e. The number of nitrogens with one attached hydrogen (secondary N) is 1. The van der Waals surface area contributed by atoms with Gasteiger partial charge in [-0.3, -0.25) is 14.2 Å². The Bertz CT molecular complexity index is 1200. The van der Waals surface area contributed by atoms with Crippen molar-refractivity contribution in [1.82, 2.24) is 19.6 Å². The Morgan fingerprint density at radius 1 is 1.03 bits per heavy atom. The van der Waals surface area contributed by atoms with Crippen molar-refractivity contribution in [3.63, 3.8) is 0 Å². The molecule has 4 aromatic rings. The lowest BCUT2D eigenvalue weighted by molar-refractivity contribution is 0.102. The predicted molar refractivity (Wildman–Crippen MR) is 119 cm³/mol. The van der Waals surface area contributed by atoms with Crippen LogP contribution in [-0.4, -0.2) is 25.5 Å². The Morgan fingerprint density at radius 2 is 1.87 bits per heavy atom. The van der Waals surface area contributed by atoms with Crippen LogP contribution in [0.2, 0.25) is 0 Å². The number of hydrogen-bond acceptors (Lipinski definition) is 3. The number of nitrogens with zero attached hydrogens (tertiary/aromatic N) is 4. The summed E-state index contributed by atoms with van der Waals surface area (Å²) in [6.07, 6.45) is 5.28. The zero-order valence-electron chi connectivity index (χ0n) is 15.6. The summed E-state index contributed by atoms with van der Waals surface area (Å²) in [5, 5.41) is 11.4. The van der Waals surface area contributed by atoms with Crippen LogP contribution in [0.25, 0.3) is 0 Å². The number of halogens is 3. The van der Waals surface area contributed by atoms with E-state index in [1.54, 1.807) is 46.0 Å². The maximum atomic E-state index is 13.9. The summed E-state index contributed by atoms with van der Waals surface area (Å²) in [7, 11) is 0. The van der Waals surface area contributed by atoms with Crippen molar-refractivity contribution in [2.24, 2.45) is 0 Å². The molecule has 0 spiro atoms. The average molecular weight is 533 g/mol. The minimum Gasteiger partial charge on any atom is -0.304 e. The maximum absolute atomic E-state index is 13.9. The number of benzene rings is 2. The molecule has 2 aromatic heterocycles. The highest BCUT2D eigenvalue weighted by Gasteiger charge is 2.13. The molecule has 1 amide bonds. The molecule has 0 saturated heterocycles. The van der Waals surface area contributed by atoms with Crippen LogP contribution in [0.15, 0.2) is 76.1 Å². The van der Waals surface area contributed by atoms with Gasteiger partial charge < -0.3 is 5.32 Å². The first-order valence-corrected chi connectivity index (χ1v) is 10.6. The smallest absolute Gasteiger partial charge is 0.256 e. The second-order valence-corrected chi connectivity index (χ2v) is 8.40. The van der Waals surface area contributed by atoms with Crippen LogP contribution < -0.4 is 5.32 Å². The standard InChI is InChI=1S/C21H16Br2FN5O/c22-17-9-25-28(12-17)10-14-4-3-6-15(8-14)21(30)26-20-18(23)13-29(27-20)11-16-5-1-2-7-19(16)24/h1-9,12-13H,10-11H2,(H,26,27,30). The number of carbonyl (C=O) groups is 1. The van der Waals surface area contributed by atoms with E-state index < -0.39 is 0 Å². The number of rotatable bonds is 6. The van der Waals surface area contributed by atoms with Crippen LogP contribution in [0, 0.1) is 5.82 Å². The van der Waals surface area contributed by atoms with E-state index in [1.165, 1.54) is 6.07 Å². The molecule has 0 radical (unpaired) electrons. The van der Waals surface area contributed by atoms with Crippen LogP contribution >= 0.6 is 31.9 Å². The van der Waals surface area contributed by atoms with Gasteiger partial charge in [-0.25, -0.2) is 4.39 Å². The van der Waals surface area contributed by atoms with Gasteiger partial charge in [0.15, 0.2) is 5.82 Å². The van der Waals surface area contributed by atoms with Crippen molar-refractivity contribution in [3.8, 4) is 0 Å². The molecule has 0 saturated carbocycles. The Labute approximate surface area is 189 Å². The number of aromatic nitrogens is 4. The summed E-state index contributed by atoms with van der Waals surface area (Å²) in [6, 6.07) is 13.8. The zero-order valence-corrected chi connectivity index (χ0v) is 18.8. The van der Waals surface area contributed by atoms with E-state index in [0.29, 0.717) is 28.0 Å². The molecule has 0 fully saturated rings. The summed E-state index contributed by atoms with van der Waals surface area (Å²) in [4.78, 5) is 12.7. The highest BCUT2D eigenvalue weighted by Crippen LogP contribution is 2.22. The summed E-state index contributed by atoms with van der Waals surface area (Å²) in [6.45, 7) is 0.809. The van der Waals surface area contributed by atoms with Crippen LogP contribution in [0.3, 0.4) is 0 Å². The maximum Gasteiger partial charge on any atom is 0.256 e. The second kappa shape index (κ2) is 8.93. The zero-order chi connectivity index (χ0) is 21.1. The Hall–Kier alpha value is -2.78. The average Bonchev–Trinajstić information content (AvgIpc) is 3.28. The molecular formula is C21H16Br2FN5O. The highest BCUT2D eigenvalue weighted by molar-refractivity contribution is 9.10. The van der Waals surface area contributed by atoms with Crippen LogP contribution in [0.4, 0.5) is 10.2 Å². The molecule has 6 nitrogen and oxygen atoms in total. The number of carbonyl (C=O) groups excluding carboxylic acids is 1. The molecule has 1 N–H and O–H groups in total. The molecule has 0 aliphatic carbocycles. The van der Waals surface area contributed by atoms with Crippen molar-refractivity contribution in [2.75, 3.05) is 5.32 Å². The summed E-state index contributed by atoms with van der Waals surface area (Å²) < 4.78 is 18.7. The molecule has 4 rings (SSSR count). The molecule has 9 heteroatoms. The number of amides is 1. The van der Waals surface area contributed by atoms with E-state index >= 15 is 0 Å². The quantitative estimate of drug-likeness (QED) is 0.376. The van der Waals surface area contributed by atoms with Gasteiger partial charge in [-0.2, -0.15) is 10.2 Å². The Morgan fingerprint density at radius 3 is 2.63 bits per heavy atom. The fourth-order valence-corrected chi connectivity index (χ4v) is 3.71. The predicted octanol–water partition coefficient (Wildman–Crippen LogP) is 5.09. The van der Waals surface area contributed by atoms with Gasteiger partial charge in [0, 0.05) is 23.5 Å². The van der Waals surface area contributed by atoms with Gasteiger partial charge in [-0.15, -0.1) is 0 Å². The molecule has 30 heavy (non-hydrogen) atoms. The van der Waals surface area contributed by atoms with E-state index in [-0.39, 0.29) is 18.3 Å². The van der Waals surface area contributed by atoms with Gasteiger partial charge in [0.2, 0.25) is 0 Å². The Balaban J connectivity index is 1.47. The number of anilines is 1. The summed E-state index contributed by atoms with van der Waals surface area (Å²) >= 11 is 6.78. The van der Waals surface area contributed by atoms with Gasteiger partial charge in [0.1, 0.15) is 5.82 Å². The first kappa shape index (κ1) is 20.5. The lowest BCUT2D eigenvalue weighted by atomic mass is 10.1. The monoisotopic (exact) mass is 531 g/mol. The van der Waals surface area contributed by atoms with Crippen molar-refractivity contribution >= 4 is 43.6 Å². The molecule has 152 valence electrons. The normalized spacial score (nSPS) is 10.9. The van der Waals surface area contributed by atoms with Crippen LogP contribution in [0.1, 0.15) is 21.5 Å². The first-order chi connectivity index (χ1) is 14.5. The van der Waals surface area contributed by atoms with Crippen molar-refractivity contribution in [2.45, 2.75) is 13.1 Å². The summed E-state index contributed by atoms with van der Waals surface area (Å²) in [5.41, 5.74) is 1.97. The van der Waals surface area contributed by atoms with Crippen LogP contribution in [-0.2, 0) is 13.1 Å². The second-order valence-electron chi connectivity index (χ2n) is 6.63. The molecular weight excluding hydrogens is 517 g/mol. The molecule has 0 aliphatic heterocycles. The SMILES string of the molecule is O=C(Nc1nn(Cc2ccccc2F)cc1Br)c1cccc(Cn2cc(Br)cn2)c1. The summed E-state index contributed by atoms with van der Waals surface area (Å²) in [5.74, 6) is -0.205. The molecule has 0 bridgehead atoms. The topological polar surface area (TPSA) is 64.7 Å². The van der Waals surface area contributed by atoms with Gasteiger partial charge in [0.05, 0.1) is 28.2 Å². The molecule has 0 aliphatic rings. The minimum absolute atomic E-state index is 0.260. The lowest BCUT2D eigenvalue weighted by Crippen LogP contribution is -2.14. The first-order valence-electron chi connectivity index (χ1n) is 9.02. The third-order valence-electron chi connectivity index (χ3n) is 4.37. The van der Waals surface area contributed by atoms with Crippen molar-refractivity contribution in [3.05, 3.63) is 98.6 Å². The van der Waals surface area contributed by atoms with Crippen molar-refractivity contribution < 1.29 is 9.18 Å². The van der Waals surface area contributed by atoms with E-state index in [0.717, 1.165) is 10.0 Å². The third kappa shape index (κ3) is 4.85. The molecule has 0 atom stereocenters. The van der Waals surface area contributed by atoms with E-state index in [9.17, 15) is 9.18 Å². The Kier molecular flexibility index (Phi) is 6.10. The minimum atomic E-state index is -0.296. The molecule has 2 aromatic carbocycles.